The molecule has 4 rings (SSSR count). The van der Waals surface area contributed by atoms with Crippen LogP contribution in [0.5, 0.6) is 0 Å². The Morgan fingerprint density at radius 1 is 1.20 bits per heavy atom. The first-order valence-electron chi connectivity index (χ1n) is 9.75. The van der Waals surface area contributed by atoms with Gasteiger partial charge in [-0.2, -0.15) is 0 Å². The molecule has 0 saturated heterocycles. The van der Waals surface area contributed by atoms with Crippen LogP contribution in [0.4, 0.5) is 0 Å². The van der Waals surface area contributed by atoms with Crippen LogP contribution >= 0.6 is 0 Å². The predicted octanol–water partition coefficient (Wildman–Crippen LogP) is 2.19. The zero-order valence-electron chi connectivity index (χ0n) is 15.0. The van der Waals surface area contributed by atoms with Gasteiger partial charge in [-0.15, -0.1) is 0 Å². The third-order valence-electron chi connectivity index (χ3n) is 5.82. The van der Waals surface area contributed by atoms with Gasteiger partial charge in [0.1, 0.15) is 5.82 Å². The lowest BCUT2D eigenvalue weighted by Crippen LogP contribution is -2.41. The quantitative estimate of drug-likeness (QED) is 0.890. The number of amides is 2. The van der Waals surface area contributed by atoms with Crippen molar-refractivity contribution in [3.05, 3.63) is 17.7 Å². The van der Waals surface area contributed by atoms with Crippen molar-refractivity contribution in [2.24, 2.45) is 5.92 Å². The van der Waals surface area contributed by atoms with Crippen molar-refractivity contribution in [2.75, 3.05) is 6.54 Å². The average Bonchev–Trinajstić information content (AvgIpc) is 3.07. The molecule has 1 aliphatic heterocycles. The predicted molar refractivity (Wildman–Crippen MR) is 93.8 cm³/mol. The molecule has 1 atom stereocenters. The van der Waals surface area contributed by atoms with Gasteiger partial charge in [0.2, 0.25) is 11.8 Å². The maximum Gasteiger partial charge on any atom is 0.226 e. The van der Waals surface area contributed by atoms with Crippen molar-refractivity contribution < 1.29 is 9.59 Å². The minimum Gasteiger partial charge on any atom is -0.353 e. The largest absolute Gasteiger partial charge is 0.353 e. The Morgan fingerprint density at radius 3 is 2.68 bits per heavy atom. The number of hydrogen-bond acceptors (Lipinski definition) is 3. The summed E-state index contributed by atoms with van der Waals surface area (Å²) in [6.45, 7) is 3.56. The number of rotatable bonds is 5. The van der Waals surface area contributed by atoms with E-state index in [0.29, 0.717) is 24.8 Å². The summed E-state index contributed by atoms with van der Waals surface area (Å²) in [4.78, 5) is 31.4. The van der Waals surface area contributed by atoms with Crippen LogP contribution in [-0.4, -0.2) is 38.9 Å². The second-order valence-corrected chi connectivity index (χ2v) is 7.92. The molecule has 2 saturated carbocycles. The molecule has 2 amide bonds. The van der Waals surface area contributed by atoms with E-state index in [9.17, 15) is 9.59 Å². The van der Waals surface area contributed by atoms with Crippen molar-refractivity contribution in [1.82, 2.24) is 19.8 Å². The summed E-state index contributed by atoms with van der Waals surface area (Å²) in [5.41, 5.74) is 0.814. The number of aromatic nitrogens is 2. The summed E-state index contributed by atoms with van der Waals surface area (Å²) >= 11 is 0. The number of carbonyl (C=O) groups is 2. The van der Waals surface area contributed by atoms with E-state index in [1.807, 2.05) is 18.0 Å². The molecule has 1 N–H and O–H groups in total. The van der Waals surface area contributed by atoms with E-state index in [4.69, 9.17) is 0 Å². The minimum absolute atomic E-state index is 0.00774. The standard InChI is InChI=1S/C19H28N4O2/c1-13-19-21-16(11-17(24)20-15-4-2-3-5-15)12-22(19)8-9-23(13)18(25)10-14-6-7-14/h12-15H,2-11H2,1H3,(H,20,24). The molecule has 1 unspecified atom stereocenters. The molecule has 0 spiro atoms. The van der Waals surface area contributed by atoms with Crippen LogP contribution in [-0.2, 0) is 22.6 Å². The molecule has 2 aliphatic carbocycles. The first kappa shape index (κ1) is 16.6. The van der Waals surface area contributed by atoms with E-state index < -0.39 is 0 Å². The SMILES string of the molecule is CC1c2nc(CC(=O)NC3CCCC3)cn2CCN1C(=O)CC1CC1. The van der Waals surface area contributed by atoms with E-state index in [2.05, 4.69) is 14.9 Å². The van der Waals surface area contributed by atoms with Gasteiger partial charge in [0, 0.05) is 31.7 Å². The fraction of sp³-hybridized carbons (Fsp3) is 0.737. The van der Waals surface area contributed by atoms with Crippen LogP contribution in [0, 0.1) is 5.92 Å². The van der Waals surface area contributed by atoms with Gasteiger partial charge in [-0.3, -0.25) is 9.59 Å². The molecule has 0 radical (unpaired) electrons. The first-order chi connectivity index (χ1) is 12.1. The van der Waals surface area contributed by atoms with E-state index in [-0.39, 0.29) is 17.9 Å². The Morgan fingerprint density at radius 2 is 1.96 bits per heavy atom. The number of nitrogens with zero attached hydrogens (tertiary/aromatic N) is 3. The van der Waals surface area contributed by atoms with Gasteiger partial charge in [0.15, 0.2) is 0 Å². The van der Waals surface area contributed by atoms with Crippen LogP contribution in [0.25, 0.3) is 0 Å². The fourth-order valence-corrected chi connectivity index (χ4v) is 4.17. The number of nitrogens with one attached hydrogen (secondary N) is 1. The van der Waals surface area contributed by atoms with Gasteiger partial charge in [0.25, 0.3) is 0 Å². The Bertz CT molecular complexity index is 658. The molecule has 6 nitrogen and oxygen atoms in total. The molecule has 0 aromatic carbocycles. The highest BCUT2D eigenvalue weighted by Crippen LogP contribution is 2.34. The molecular formula is C19H28N4O2. The normalized spacial score (nSPS) is 23.6. The zero-order valence-corrected chi connectivity index (χ0v) is 15.0. The number of imidazole rings is 1. The second kappa shape index (κ2) is 6.81. The highest BCUT2D eigenvalue weighted by atomic mass is 16.2. The summed E-state index contributed by atoms with van der Waals surface area (Å²) in [7, 11) is 0. The minimum atomic E-state index is -0.00774. The lowest BCUT2D eigenvalue weighted by atomic mass is 10.1. The first-order valence-corrected chi connectivity index (χ1v) is 9.75. The highest BCUT2D eigenvalue weighted by Gasteiger charge is 2.33. The Kier molecular flexibility index (Phi) is 4.52. The molecule has 1 aromatic heterocycles. The molecule has 25 heavy (non-hydrogen) atoms. The Balaban J connectivity index is 1.38. The number of fused-ring (bicyclic) bond motifs is 1. The van der Waals surface area contributed by atoms with E-state index in [0.717, 1.165) is 37.4 Å². The molecule has 3 aliphatic rings. The van der Waals surface area contributed by atoms with Crippen LogP contribution in [0.3, 0.4) is 0 Å². The Hall–Kier alpha value is -1.85. The Labute approximate surface area is 149 Å². The van der Waals surface area contributed by atoms with Crippen molar-refractivity contribution in [3.63, 3.8) is 0 Å². The summed E-state index contributed by atoms with van der Waals surface area (Å²) < 4.78 is 2.11. The highest BCUT2D eigenvalue weighted by molar-refractivity contribution is 5.78. The molecule has 0 bridgehead atoms. The fourth-order valence-electron chi connectivity index (χ4n) is 4.17. The van der Waals surface area contributed by atoms with Crippen molar-refractivity contribution in [2.45, 2.75) is 76.9 Å². The van der Waals surface area contributed by atoms with Crippen molar-refractivity contribution in [3.8, 4) is 0 Å². The number of hydrogen-bond donors (Lipinski definition) is 1. The van der Waals surface area contributed by atoms with Crippen LogP contribution in [0.15, 0.2) is 6.20 Å². The van der Waals surface area contributed by atoms with Crippen molar-refractivity contribution >= 4 is 11.8 Å². The van der Waals surface area contributed by atoms with E-state index in [1.54, 1.807) is 0 Å². The number of carbonyl (C=O) groups excluding carboxylic acids is 2. The molecule has 6 heteroatoms. The lowest BCUT2D eigenvalue weighted by Gasteiger charge is -2.34. The van der Waals surface area contributed by atoms with E-state index in [1.165, 1.54) is 25.7 Å². The van der Waals surface area contributed by atoms with Crippen molar-refractivity contribution in [1.29, 1.82) is 0 Å². The summed E-state index contributed by atoms with van der Waals surface area (Å²) in [5.74, 6) is 1.84. The van der Waals surface area contributed by atoms with Crippen LogP contribution in [0.2, 0.25) is 0 Å². The smallest absolute Gasteiger partial charge is 0.226 e. The van der Waals surface area contributed by atoms with Gasteiger partial charge < -0.3 is 14.8 Å². The third-order valence-corrected chi connectivity index (χ3v) is 5.82. The van der Waals surface area contributed by atoms with E-state index >= 15 is 0 Å². The maximum absolute atomic E-state index is 12.5. The molecule has 2 fully saturated rings. The van der Waals surface area contributed by atoms with Crippen LogP contribution in [0.1, 0.15) is 69.4 Å². The summed E-state index contributed by atoms with van der Waals surface area (Å²) in [6, 6.07) is 0.339. The molecule has 136 valence electrons. The van der Waals surface area contributed by atoms with Gasteiger partial charge >= 0.3 is 0 Å². The second-order valence-electron chi connectivity index (χ2n) is 7.92. The zero-order chi connectivity index (χ0) is 17.4. The molecule has 2 heterocycles. The van der Waals surface area contributed by atoms with Gasteiger partial charge in [-0.05, 0) is 38.5 Å². The molecular weight excluding hydrogens is 316 g/mol. The monoisotopic (exact) mass is 344 g/mol. The maximum atomic E-state index is 12.5. The van der Waals surface area contributed by atoms with Gasteiger partial charge in [-0.1, -0.05) is 12.8 Å². The third kappa shape index (κ3) is 3.72. The average molecular weight is 344 g/mol. The van der Waals surface area contributed by atoms with Gasteiger partial charge in [0.05, 0.1) is 18.2 Å². The molecule has 1 aromatic rings. The summed E-state index contributed by atoms with van der Waals surface area (Å²) in [5, 5.41) is 3.12. The lowest BCUT2D eigenvalue weighted by molar-refractivity contribution is -0.135. The van der Waals surface area contributed by atoms with Gasteiger partial charge in [-0.25, -0.2) is 4.98 Å². The summed E-state index contributed by atoms with van der Waals surface area (Å²) in [6.07, 6.45) is 10.0. The topological polar surface area (TPSA) is 67.2 Å². The van der Waals surface area contributed by atoms with Crippen LogP contribution < -0.4 is 5.32 Å².